The van der Waals surface area contributed by atoms with Crippen LogP contribution in [0.1, 0.15) is 65.2 Å². The molecule has 0 radical (unpaired) electrons. The molecular weight excluding hydrogens is 532 g/mol. The van der Waals surface area contributed by atoms with Gasteiger partial charge < -0.3 is 64.5 Å². The SMILES string of the molecule is CCCCCCCCCC(C)OCCOCCO[C@H]1O[C@H](CO)[C@@H](O)[C@H](O)[C@]1(O)[C@@H]1O[C@H](CO)[C@H](O)[C@H](O)[C@H]1O. The third kappa shape index (κ3) is 9.49. The number of hydrogen-bond acceptors (Lipinski definition) is 13. The highest BCUT2D eigenvalue weighted by molar-refractivity contribution is 5.10. The first-order valence-corrected chi connectivity index (χ1v) is 14.6. The molecule has 2 fully saturated rings. The van der Waals surface area contributed by atoms with Crippen LogP contribution in [0.25, 0.3) is 0 Å². The average Bonchev–Trinajstić information content (AvgIpc) is 2.95. The van der Waals surface area contributed by atoms with Gasteiger partial charge in [-0.1, -0.05) is 51.9 Å². The Hall–Kier alpha value is -0.520. The third-order valence-corrected chi connectivity index (χ3v) is 7.72. The molecule has 2 aliphatic heterocycles. The van der Waals surface area contributed by atoms with Crippen molar-refractivity contribution in [1.29, 1.82) is 0 Å². The molecule has 0 amide bonds. The predicted molar refractivity (Wildman–Crippen MR) is 141 cm³/mol. The van der Waals surface area contributed by atoms with Crippen molar-refractivity contribution >= 4 is 0 Å². The van der Waals surface area contributed by atoms with E-state index in [2.05, 4.69) is 6.92 Å². The van der Waals surface area contributed by atoms with Crippen molar-refractivity contribution in [2.24, 2.45) is 0 Å². The topological polar surface area (TPSA) is 208 Å². The Morgan fingerprint density at radius 3 is 1.98 bits per heavy atom. The van der Waals surface area contributed by atoms with E-state index in [1.54, 1.807) is 0 Å². The molecule has 238 valence electrons. The lowest BCUT2D eigenvalue weighted by atomic mass is 9.76. The van der Waals surface area contributed by atoms with E-state index < -0.39 is 73.9 Å². The highest BCUT2D eigenvalue weighted by atomic mass is 16.7. The average molecular weight is 585 g/mol. The molecule has 0 aromatic carbocycles. The molecule has 0 aliphatic carbocycles. The van der Waals surface area contributed by atoms with Gasteiger partial charge in [0.25, 0.3) is 0 Å². The first kappa shape index (κ1) is 35.7. The maximum atomic E-state index is 11.5. The number of hydrogen-bond donors (Lipinski definition) is 8. The molecule has 0 aromatic rings. The molecule has 13 nitrogen and oxygen atoms in total. The summed E-state index contributed by atoms with van der Waals surface area (Å²) in [6, 6.07) is 0. The van der Waals surface area contributed by atoms with Crippen molar-refractivity contribution in [3.05, 3.63) is 0 Å². The summed E-state index contributed by atoms with van der Waals surface area (Å²) >= 11 is 0. The van der Waals surface area contributed by atoms with E-state index in [4.69, 9.17) is 23.7 Å². The molecule has 2 heterocycles. The Morgan fingerprint density at radius 1 is 0.725 bits per heavy atom. The van der Waals surface area contributed by atoms with Crippen LogP contribution in [0.2, 0.25) is 0 Å². The van der Waals surface area contributed by atoms with Crippen LogP contribution in [0, 0.1) is 0 Å². The maximum absolute atomic E-state index is 11.5. The van der Waals surface area contributed by atoms with Crippen molar-refractivity contribution in [3.63, 3.8) is 0 Å². The second-order valence-electron chi connectivity index (χ2n) is 10.8. The number of ether oxygens (including phenoxy) is 5. The highest BCUT2D eigenvalue weighted by Gasteiger charge is 2.64. The summed E-state index contributed by atoms with van der Waals surface area (Å²) in [5, 5.41) is 82.5. The predicted octanol–water partition coefficient (Wildman–Crippen LogP) is -1.42. The zero-order valence-electron chi connectivity index (χ0n) is 23.8. The first-order chi connectivity index (χ1) is 19.1. The van der Waals surface area contributed by atoms with Gasteiger partial charge in [0.15, 0.2) is 11.9 Å². The highest BCUT2D eigenvalue weighted by Crippen LogP contribution is 2.39. The number of rotatable bonds is 19. The molecule has 8 N–H and O–H groups in total. The molecule has 13 heteroatoms. The van der Waals surface area contributed by atoms with Crippen LogP contribution in [-0.4, -0.2) is 147 Å². The van der Waals surface area contributed by atoms with Gasteiger partial charge in [-0.2, -0.15) is 0 Å². The monoisotopic (exact) mass is 584 g/mol. The third-order valence-electron chi connectivity index (χ3n) is 7.72. The molecule has 2 rings (SSSR count). The van der Waals surface area contributed by atoms with Crippen LogP contribution in [0.3, 0.4) is 0 Å². The molecule has 1 unspecified atom stereocenters. The summed E-state index contributed by atoms with van der Waals surface area (Å²) in [7, 11) is 0. The summed E-state index contributed by atoms with van der Waals surface area (Å²) in [5.74, 6) is 0. The van der Waals surface area contributed by atoms with Crippen molar-refractivity contribution in [3.8, 4) is 0 Å². The Morgan fingerprint density at radius 2 is 1.32 bits per heavy atom. The van der Waals surface area contributed by atoms with Crippen molar-refractivity contribution in [2.45, 2.75) is 132 Å². The molecular formula is C27H52O13. The molecule has 40 heavy (non-hydrogen) atoms. The summed E-state index contributed by atoms with van der Waals surface area (Å²) < 4.78 is 27.8. The molecule has 2 saturated heterocycles. The van der Waals surface area contributed by atoms with Crippen LogP contribution in [0.15, 0.2) is 0 Å². The largest absolute Gasteiger partial charge is 0.394 e. The van der Waals surface area contributed by atoms with Crippen LogP contribution in [-0.2, 0) is 23.7 Å². The molecule has 11 atom stereocenters. The zero-order chi connectivity index (χ0) is 29.7. The summed E-state index contributed by atoms with van der Waals surface area (Å²) in [6.45, 7) is 3.30. The van der Waals surface area contributed by atoms with E-state index in [1.807, 2.05) is 6.92 Å². The van der Waals surface area contributed by atoms with Gasteiger partial charge in [0.2, 0.25) is 0 Å². The molecule has 0 saturated carbocycles. The molecule has 0 spiro atoms. The maximum Gasteiger partial charge on any atom is 0.192 e. The van der Waals surface area contributed by atoms with E-state index in [9.17, 15) is 40.9 Å². The second-order valence-corrected chi connectivity index (χ2v) is 10.8. The Bertz CT molecular complexity index is 670. The van der Waals surface area contributed by atoms with Crippen molar-refractivity contribution in [2.75, 3.05) is 39.6 Å². The number of aliphatic hydroxyl groups is 8. The molecule has 0 bridgehead atoms. The van der Waals surface area contributed by atoms with Gasteiger partial charge in [-0.3, -0.25) is 0 Å². The minimum atomic E-state index is -2.66. The Kier molecular flexibility index (Phi) is 16.2. The van der Waals surface area contributed by atoms with Gasteiger partial charge in [-0.15, -0.1) is 0 Å². The van der Waals surface area contributed by atoms with Gasteiger partial charge in [-0.25, -0.2) is 0 Å². The Balaban J connectivity index is 1.81. The van der Waals surface area contributed by atoms with E-state index in [0.717, 1.165) is 12.8 Å². The summed E-state index contributed by atoms with van der Waals surface area (Å²) in [4.78, 5) is 0. The second kappa shape index (κ2) is 18.2. The zero-order valence-corrected chi connectivity index (χ0v) is 23.8. The van der Waals surface area contributed by atoms with Gasteiger partial charge in [0.1, 0.15) is 48.8 Å². The van der Waals surface area contributed by atoms with Crippen molar-refractivity contribution < 1.29 is 64.5 Å². The van der Waals surface area contributed by atoms with Gasteiger partial charge in [-0.05, 0) is 13.3 Å². The van der Waals surface area contributed by atoms with E-state index in [1.165, 1.54) is 38.5 Å². The lowest BCUT2D eigenvalue weighted by Crippen LogP contribution is -2.77. The lowest BCUT2D eigenvalue weighted by Gasteiger charge is -2.54. The fourth-order valence-corrected chi connectivity index (χ4v) is 5.17. The summed E-state index contributed by atoms with van der Waals surface area (Å²) in [6.07, 6.45) is -5.88. The Labute approximate surface area is 236 Å². The number of aliphatic hydroxyl groups excluding tert-OH is 7. The smallest absolute Gasteiger partial charge is 0.192 e. The fourth-order valence-electron chi connectivity index (χ4n) is 5.17. The lowest BCUT2D eigenvalue weighted by molar-refractivity contribution is -0.387. The van der Waals surface area contributed by atoms with Crippen molar-refractivity contribution in [1.82, 2.24) is 0 Å². The normalized spacial score (nSPS) is 37.5. The standard InChI is InChI=1S/C27H52O13/c1-3-4-5-6-7-8-9-10-17(2)37-13-11-36-12-14-38-26-27(35,24(34)21(31)19(16-29)40-26)25-23(33)22(32)20(30)18(15-28)39-25/h17-26,28-35H,3-16H2,1-2H3/t17?,18-,19-,20+,21-,22+,23-,24+,25-,26+,27+/m1/s1. The van der Waals surface area contributed by atoms with Crippen LogP contribution in [0.4, 0.5) is 0 Å². The van der Waals surface area contributed by atoms with Gasteiger partial charge >= 0.3 is 0 Å². The minimum absolute atomic E-state index is 0.0442. The van der Waals surface area contributed by atoms with E-state index >= 15 is 0 Å². The van der Waals surface area contributed by atoms with Gasteiger partial charge in [0.05, 0.1) is 45.7 Å². The number of unbranched alkanes of at least 4 members (excludes halogenated alkanes) is 6. The van der Waals surface area contributed by atoms with Crippen LogP contribution in [0.5, 0.6) is 0 Å². The summed E-state index contributed by atoms with van der Waals surface area (Å²) in [5.41, 5.74) is -2.66. The fraction of sp³-hybridized carbons (Fsp3) is 1.00. The first-order valence-electron chi connectivity index (χ1n) is 14.6. The molecule has 2 aliphatic rings. The van der Waals surface area contributed by atoms with Crippen LogP contribution >= 0.6 is 0 Å². The quantitative estimate of drug-likeness (QED) is 0.0821. The van der Waals surface area contributed by atoms with Crippen LogP contribution < -0.4 is 0 Å². The van der Waals surface area contributed by atoms with E-state index in [0.29, 0.717) is 6.61 Å². The minimum Gasteiger partial charge on any atom is -0.394 e. The molecule has 0 aromatic heterocycles. The van der Waals surface area contributed by atoms with Gasteiger partial charge in [0, 0.05) is 0 Å². The van der Waals surface area contributed by atoms with E-state index in [-0.39, 0.29) is 25.9 Å².